The maximum absolute atomic E-state index is 10.5. The Kier molecular flexibility index (Phi) is 4.15. The lowest BCUT2D eigenvalue weighted by atomic mass is 10.4. The van der Waals surface area contributed by atoms with E-state index in [1.165, 1.54) is 6.08 Å². The van der Waals surface area contributed by atoms with Gasteiger partial charge in [0.2, 0.25) is 5.78 Å². The molecule has 0 aromatic heterocycles. The van der Waals surface area contributed by atoms with E-state index in [1.807, 2.05) is 0 Å². The van der Waals surface area contributed by atoms with E-state index in [0.29, 0.717) is 6.54 Å². The first-order valence-corrected chi connectivity index (χ1v) is 2.84. The summed E-state index contributed by atoms with van der Waals surface area (Å²) in [6.07, 6.45) is 1.49. The lowest BCUT2D eigenvalue weighted by Gasteiger charge is -1.96. The van der Waals surface area contributed by atoms with Crippen molar-refractivity contribution in [3.8, 4) is 0 Å². The molecule has 0 aliphatic rings. The number of nitrogens with two attached hydrogens (primary N) is 1. The van der Waals surface area contributed by atoms with Crippen molar-refractivity contribution in [3.63, 3.8) is 0 Å². The van der Waals surface area contributed by atoms with Crippen molar-refractivity contribution in [2.75, 3.05) is 13.1 Å². The summed E-state index contributed by atoms with van der Waals surface area (Å²) in [5, 5.41) is 2.30. The number of carbonyl (C=O) groups excluding carboxylic acids is 2. The standard InChI is InChI=1S/C6H10N2O2/c1-2-3-8-6(10)5(9)4-7/h2H,1,3-4,7H2,(H,8,10). The molecule has 0 spiro atoms. The molecule has 0 aliphatic carbocycles. The molecule has 0 aromatic carbocycles. The molecule has 56 valence electrons. The van der Waals surface area contributed by atoms with Crippen molar-refractivity contribution in [1.29, 1.82) is 0 Å². The van der Waals surface area contributed by atoms with Crippen molar-refractivity contribution in [3.05, 3.63) is 12.7 Å². The maximum Gasteiger partial charge on any atom is 0.288 e. The fourth-order valence-corrected chi connectivity index (χ4v) is 0.356. The van der Waals surface area contributed by atoms with E-state index < -0.39 is 11.7 Å². The van der Waals surface area contributed by atoms with Crippen molar-refractivity contribution in [2.45, 2.75) is 0 Å². The second-order valence-electron chi connectivity index (χ2n) is 1.63. The topological polar surface area (TPSA) is 72.2 Å². The van der Waals surface area contributed by atoms with Gasteiger partial charge in [0.1, 0.15) is 0 Å². The summed E-state index contributed by atoms with van der Waals surface area (Å²) >= 11 is 0. The van der Waals surface area contributed by atoms with Gasteiger partial charge in [-0.3, -0.25) is 9.59 Å². The van der Waals surface area contributed by atoms with Crippen LogP contribution in [-0.4, -0.2) is 24.8 Å². The molecule has 4 heteroatoms. The number of carbonyl (C=O) groups is 2. The Hall–Kier alpha value is -1.16. The number of rotatable bonds is 4. The van der Waals surface area contributed by atoms with Crippen LogP contribution in [0.2, 0.25) is 0 Å². The highest BCUT2D eigenvalue weighted by molar-refractivity contribution is 6.36. The number of hydrogen-bond donors (Lipinski definition) is 2. The van der Waals surface area contributed by atoms with Crippen LogP contribution in [-0.2, 0) is 9.59 Å². The van der Waals surface area contributed by atoms with Crippen LogP contribution in [0.3, 0.4) is 0 Å². The van der Waals surface area contributed by atoms with Crippen LogP contribution in [0.1, 0.15) is 0 Å². The molecule has 0 radical (unpaired) electrons. The largest absolute Gasteiger partial charge is 0.346 e. The van der Waals surface area contributed by atoms with Gasteiger partial charge in [-0.1, -0.05) is 6.08 Å². The third kappa shape index (κ3) is 2.99. The quantitative estimate of drug-likeness (QED) is 0.383. The number of amides is 1. The highest BCUT2D eigenvalue weighted by Crippen LogP contribution is 1.68. The van der Waals surface area contributed by atoms with Gasteiger partial charge in [-0.25, -0.2) is 0 Å². The highest BCUT2D eigenvalue weighted by Gasteiger charge is 2.08. The molecule has 0 aliphatic heterocycles. The lowest BCUT2D eigenvalue weighted by molar-refractivity contribution is -0.136. The van der Waals surface area contributed by atoms with Gasteiger partial charge in [-0.15, -0.1) is 6.58 Å². The van der Waals surface area contributed by atoms with E-state index in [-0.39, 0.29) is 6.54 Å². The van der Waals surface area contributed by atoms with Crippen molar-refractivity contribution < 1.29 is 9.59 Å². The molecule has 0 bridgehead atoms. The number of ketones is 1. The summed E-state index contributed by atoms with van der Waals surface area (Å²) in [6, 6.07) is 0. The highest BCUT2D eigenvalue weighted by atomic mass is 16.2. The molecule has 0 fully saturated rings. The third-order valence-electron chi connectivity index (χ3n) is 0.846. The van der Waals surface area contributed by atoms with Crippen molar-refractivity contribution >= 4 is 11.7 Å². The monoisotopic (exact) mass is 142 g/mol. The van der Waals surface area contributed by atoms with Gasteiger partial charge in [-0.2, -0.15) is 0 Å². The zero-order valence-corrected chi connectivity index (χ0v) is 5.59. The van der Waals surface area contributed by atoms with E-state index in [9.17, 15) is 9.59 Å². The third-order valence-corrected chi connectivity index (χ3v) is 0.846. The van der Waals surface area contributed by atoms with E-state index >= 15 is 0 Å². The van der Waals surface area contributed by atoms with Gasteiger partial charge in [0.05, 0.1) is 6.54 Å². The minimum Gasteiger partial charge on any atom is -0.346 e. The zero-order valence-electron chi connectivity index (χ0n) is 5.59. The van der Waals surface area contributed by atoms with E-state index in [0.717, 1.165) is 0 Å². The van der Waals surface area contributed by atoms with Gasteiger partial charge in [0.15, 0.2) is 0 Å². The first-order valence-electron chi connectivity index (χ1n) is 2.84. The minimum atomic E-state index is -0.651. The molecule has 10 heavy (non-hydrogen) atoms. The van der Waals surface area contributed by atoms with Crippen LogP contribution >= 0.6 is 0 Å². The Labute approximate surface area is 59.1 Å². The molecular formula is C6H10N2O2. The average Bonchev–Trinajstić information content (AvgIpc) is 1.98. The molecule has 0 heterocycles. The van der Waals surface area contributed by atoms with Gasteiger partial charge >= 0.3 is 0 Å². The number of Topliss-reactive ketones (excluding diaryl/α,β-unsaturated/α-hetero) is 1. The number of nitrogens with one attached hydrogen (secondary N) is 1. The van der Waals surface area contributed by atoms with E-state index in [4.69, 9.17) is 5.73 Å². The van der Waals surface area contributed by atoms with Crippen molar-refractivity contribution in [1.82, 2.24) is 5.32 Å². The smallest absolute Gasteiger partial charge is 0.288 e. The second kappa shape index (κ2) is 4.69. The summed E-state index contributed by atoms with van der Waals surface area (Å²) in [5.74, 6) is -1.26. The second-order valence-corrected chi connectivity index (χ2v) is 1.63. The summed E-state index contributed by atoms with van der Waals surface area (Å²) < 4.78 is 0. The number of hydrogen-bond acceptors (Lipinski definition) is 3. The lowest BCUT2D eigenvalue weighted by Crippen LogP contribution is -2.35. The normalized spacial score (nSPS) is 8.50. The van der Waals surface area contributed by atoms with Crippen LogP contribution in [0.5, 0.6) is 0 Å². The van der Waals surface area contributed by atoms with Gasteiger partial charge < -0.3 is 11.1 Å². The Balaban J connectivity index is 3.62. The molecule has 3 N–H and O–H groups in total. The molecule has 0 saturated heterocycles. The summed E-state index contributed by atoms with van der Waals surface area (Å²) in [4.78, 5) is 21.0. The minimum absolute atomic E-state index is 0.247. The van der Waals surface area contributed by atoms with Gasteiger partial charge in [0, 0.05) is 6.54 Å². The molecule has 0 unspecified atom stereocenters. The predicted molar refractivity (Wildman–Crippen MR) is 37.3 cm³/mol. The maximum atomic E-state index is 10.5. The predicted octanol–water partition coefficient (Wildman–Crippen LogP) is -1.18. The van der Waals surface area contributed by atoms with Gasteiger partial charge in [0.25, 0.3) is 5.91 Å². The Morgan fingerprint density at radius 1 is 1.60 bits per heavy atom. The van der Waals surface area contributed by atoms with Crippen LogP contribution in [0.15, 0.2) is 12.7 Å². The summed E-state index contributed by atoms with van der Waals surface area (Å²) in [6.45, 7) is 3.41. The molecule has 0 aromatic rings. The van der Waals surface area contributed by atoms with Crippen LogP contribution in [0.4, 0.5) is 0 Å². The fraction of sp³-hybridized carbons (Fsp3) is 0.333. The van der Waals surface area contributed by atoms with E-state index in [2.05, 4.69) is 11.9 Å². The SMILES string of the molecule is C=CCNC(=O)C(=O)CN. The molecule has 0 atom stereocenters. The van der Waals surface area contributed by atoms with Crippen LogP contribution in [0, 0.1) is 0 Å². The molecule has 4 nitrogen and oxygen atoms in total. The zero-order chi connectivity index (χ0) is 7.98. The molecular weight excluding hydrogens is 132 g/mol. The first kappa shape index (κ1) is 8.84. The molecule has 0 saturated carbocycles. The summed E-state index contributed by atoms with van der Waals surface area (Å²) in [7, 11) is 0. The summed E-state index contributed by atoms with van der Waals surface area (Å²) in [5.41, 5.74) is 4.91. The van der Waals surface area contributed by atoms with Gasteiger partial charge in [-0.05, 0) is 0 Å². The van der Waals surface area contributed by atoms with Crippen LogP contribution < -0.4 is 11.1 Å². The Morgan fingerprint density at radius 2 is 2.20 bits per heavy atom. The van der Waals surface area contributed by atoms with E-state index in [1.54, 1.807) is 0 Å². The average molecular weight is 142 g/mol. The first-order chi connectivity index (χ1) is 4.72. The fourth-order valence-electron chi connectivity index (χ4n) is 0.356. The molecule has 0 rings (SSSR count). The Morgan fingerprint density at radius 3 is 2.60 bits per heavy atom. The Bertz CT molecular complexity index is 154. The van der Waals surface area contributed by atoms with Crippen molar-refractivity contribution in [2.24, 2.45) is 5.73 Å². The van der Waals surface area contributed by atoms with Crippen LogP contribution in [0.25, 0.3) is 0 Å². The molecule has 1 amide bonds.